The molecule has 0 atom stereocenters. The molecule has 0 spiro atoms. The van der Waals surface area contributed by atoms with E-state index in [1.54, 1.807) is 12.1 Å². The highest BCUT2D eigenvalue weighted by molar-refractivity contribution is 5.75. The van der Waals surface area contributed by atoms with E-state index in [0.29, 0.717) is 22.6 Å². The monoisotopic (exact) mass is 360 g/mol. The van der Waals surface area contributed by atoms with Gasteiger partial charge in [0.25, 0.3) is 0 Å². The van der Waals surface area contributed by atoms with Crippen LogP contribution in [0.3, 0.4) is 0 Å². The van der Waals surface area contributed by atoms with E-state index in [1.165, 1.54) is 44.2 Å². The Bertz CT molecular complexity index is 863. The number of nitrogens with zero attached hydrogens (tertiary/aromatic N) is 2. The molecule has 1 aliphatic carbocycles. The summed E-state index contributed by atoms with van der Waals surface area (Å²) in [7, 11) is 0. The molecule has 0 saturated heterocycles. The molecule has 1 aliphatic rings. The second-order valence-electron chi connectivity index (χ2n) is 7.54. The van der Waals surface area contributed by atoms with Crippen molar-refractivity contribution in [3.8, 4) is 23.3 Å². The summed E-state index contributed by atoms with van der Waals surface area (Å²) in [6.45, 7) is 2.23. The summed E-state index contributed by atoms with van der Waals surface area (Å²) in [5.74, 6) is 0.849. The van der Waals surface area contributed by atoms with Gasteiger partial charge in [-0.1, -0.05) is 50.5 Å². The molecule has 0 amide bonds. The standard InChI is InChI=1S/C24H25FN2/c1-2-3-4-17-5-7-18(8-6-17)21-13-14-22(24(16-27)23(21)15-26)19-9-11-20(25)12-10-19/h9-14,17-18H,2-8H2,1H3/t17-,18-. The Morgan fingerprint density at radius 2 is 1.59 bits per heavy atom. The van der Waals surface area contributed by atoms with Crippen molar-refractivity contribution in [3.63, 3.8) is 0 Å². The van der Waals surface area contributed by atoms with E-state index in [4.69, 9.17) is 0 Å². The van der Waals surface area contributed by atoms with E-state index >= 15 is 0 Å². The molecule has 3 rings (SSSR count). The minimum atomic E-state index is -0.311. The number of rotatable bonds is 5. The number of nitriles is 2. The van der Waals surface area contributed by atoms with Crippen LogP contribution in [0.15, 0.2) is 36.4 Å². The highest BCUT2D eigenvalue weighted by atomic mass is 19.1. The maximum atomic E-state index is 13.2. The maximum Gasteiger partial charge on any atom is 0.123 e. The zero-order valence-corrected chi connectivity index (χ0v) is 15.8. The van der Waals surface area contributed by atoms with E-state index in [1.807, 2.05) is 12.1 Å². The van der Waals surface area contributed by atoms with E-state index in [0.717, 1.165) is 29.9 Å². The molecule has 0 radical (unpaired) electrons. The molecule has 2 nitrogen and oxygen atoms in total. The minimum absolute atomic E-state index is 0.311. The third-order valence-corrected chi connectivity index (χ3v) is 5.87. The van der Waals surface area contributed by atoms with E-state index < -0.39 is 0 Å². The van der Waals surface area contributed by atoms with Crippen molar-refractivity contribution in [2.24, 2.45) is 5.92 Å². The summed E-state index contributed by atoms with van der Waals surface area (Å²) in [6.07, 6.45) is 8.43. The number of hydrogen-bond donors (Lipinski definition) is 0. The molecule has 27 heavy (non-hydrogen) atoms. The zero-order chi connectivity index (χ0) is 19.2. The molecule has 0 bridgehead atoms. The van der Waals surface area contributed by atoms with Crippen molar-refractivity contribution in [2.45, 2.75) is 57.8 Å². The summed E-state index contributed by atoms with van der Waals surface area (Å²) in [5.41, 5.74) is 3.38. The molecule has 2 aromatic carbocycles. The summed E-state index contributed by atoms with van der Waals surface area (Å²) < 4.78 is 13.2. The molecular weight excluding hydrogens is 335 g/mol. The first-order chi connectivity index (χ1) is 13.2. The van der Waals surface area contributed by atoms with Crippen molar-refractivity contribution in [2.75, 3.05) is 0 Å². The van der Waals surface area contributed by atoms with Crippen molar-refractivity contribution in [3.05, 3.63) is 58.9 Å². The lowest BCUT2D eigenvalue weighted by molar-refractivity contribution is 0.304. The number of benzene rings is 2. The average Bonchev–Trinajstić information content (AvgIpc) is 2.72. The molecule has 3 heteroatoms. The fourth-order valence-electron chi connectivity index (χ4n) is 4.32. The van der Waals surface area contributed by atoms with Crippen molar-refractivity contribution in [1.82, 2.24) is 0 Å². The van der Waals surface area contributed by atoms with Crippen LogP contribution < -0.4 is 0 Å². The molecule has 0 N–H and O–H groups in total. The van der Waals surface area contributed by atoms with Crippen LogP contribution in [0.4, 0.5) is 4.39 Å². The van der Waals surface area contributed by atoms with Crippen molar-refractivity contribution in [1.29, 1.82) is 10.5 Å². The van der Waals surface area contributed by atoms with Crippen LogP contribution in [0.5, 0.6) is 0 Å². The molecule has 1 saturated carbocycles. The van der Waals surface area contributed by atoms with Gasteiger partial charge in [-0.05, 0) is 60.8 Å². The highest BCUT2D eigenvalue weighted by Crippen LogP contribution is 2.40. The maximum absolute atomic E-state index is 13.2. The zero-order valence-electron chi connectivity index (χ0n) is 15.8. The first-order valence-electron chi connectivity index (χ1n) is 9.91. The lowest BCUT2D eigenvalue weighted by atomic mass is 9.75. The Kier molecular flexibility index (Phi) is 6.25. The van der Waals surface area contributed by atoms with Crippen molar-refractivity contribution < 1.29 is 4.39 Å². The van der Waals surface area contributed by atoms with Gasteiger partial charge in [-0.25, -0.2) is 4.39 Å². The molecule has 2 aromatic rings. The second kappa shape index (κ2) is 8.83. The molecule has 0 unspecified atom stereocenters. The predicted molar refractivity (Wildman–Crippen MR) is 105 cm³/mol. The van der Waals surface area contributed by atoms with Crippen LogP contribution in [0.2, 0.25) is 0 Å². The number of hydrogen-bond acceptors (Lipinski definition) is 2. The third kappa shape index (κ3) is 4.20. The molecule has 0 heterocycles. The molecule has 0 aliphatic heterocycles. The average molecular weight is 360 g/mol. The Morgan fingerprint density at radius 1 is 0.926 bits per heavy atom. The smallest absolute Gasteiger partial charge is 0.123 e. The fraction of sp³-hybridized carbons (Fsp3) is 0.417. The summed E-state index contributed by atoms with van der Waals surface area (Å²) in [4.78, 5) is 0. The number of unbranched alkanes of at least 4 members (excludes halogenated alkanes) is 1. The Hall–Kier alpha value is -2.65. The molecule has 1 fully saturated rings. The molecule has 0 aromatic heterocycles. The first-order valence-corrected chi connectivity index (χ1v) is 9.91. The topological polar surface area (TPSA) is 47.6 Å². The summed E-state index contributed by atoms with van der Waals surface area (Å²) in [6, 6.07) is 14.5. The molecule has 138 valence electrons. The molecular formula is C24H25FN2. The number of halogens is 1. The van der Waals surface area contributed by atoms with E-state index in [2.05, 4.69) is 19.1 Å². The van der Waals surface area contributed by atoms with Crippen LogP contribution >= 0.6 is 0 Å². The van der Waals surface area contributed by atoms with Gasteiger partial charge >= 0.3 is 0 Å². The van der Waals surface area contributed by atoms with Gasteiger partial charge < -0.3 is 0 Å². The predicted octanol–water partition coefficient (Wildman–Crippen LogP) is 6.70. The normalized spacial score (nSPS) is 19.3. The van der Waals surface area contributed by atoms with Crippen LogP contribution in [0.1, 0.15) is 74.5 Å². The lowest BCUT2D eigenvalue weighted by Crippen LogP contribution is -2.15. The third-order valence-electron chi connectivity index (χ3n) is 5.87. The first kappa shape index (κ1) is 19.1. The SMILES string of the molecule is CCCC[C@H]1CC[C@H](c2ccc(-c3ccc(F)cc3)c(C#N)c2C#N)CC1. The van der Waals surface area contributed by atoms with Gasteiger partial charge in [-0.2, -0.15) is 10.5 Å². The van der Waals surface area contributed by atoms with E-state index in [9.17, 15) is 14.9 Å². The van der Waals surface area contributed by atoms with Gasteiger partial charge in [0.05, 0.1) is 11.1 Å². The van der Waals surface area contributed by atoms with Crippen LogP contribution in [-0.4, -0.2) is 0 Å². The van der Waals surface area contributed by atoms with Crippen LogP contribution in [-0.2, 0) is 0 Å². The second-order valence-corrected chi connectivity index (χ2v) is 7.54. The summed E-state index contributed by atoms with van der Waals surface area (Å²) in [5, 5.41) is 19.5. The quantitative estimate of drug-likeness (QED) is 0.595. The van der Waals surface area contributed by atoms with Gasteiger partial charge in [-0.15, -0.1) is 0 Å². The lowest BCUT2D eigenvalue weighted by Gasteiger charge is -2.29. The van der Waals surface area contributed by atoms with Crippen LogP contribution in [0, 0.1) is 34.4 Å². The summed E-state index contributed by atoms with van der Waals surface area (Å²) >= 11 is 0. The van der Waals surface area contributed by atoms with Gasteiger partial charge in [0.15, 0.2) is 0 Å². The largest absolute Gasteiger partial charge is 0.207 e. The van der Waals surface area contributed by atoms with Gasteiger partial charge in [0.2, 0.25) is 0 Å². The van der Waals surface area contributed by atoms with Crippen LogP contribution in [0.25, 0.3) is 11.1 Å². The Morgan fingerprint density at radius 3 is 2.19 bits per heavy atom. The van der Waals surface area contributed by atoms with Crippen molar-refractivity contribution >= 4 is 0 Å². The van der Waals surface area contributed by atoms with Gasteiger partial charge in [0, 0.05) is 5.56 Å². The fourth-order valence-corrected chi connectivity index (χ4v) is 4.32. The minimum Gasteiger partial charge on any atom is -0.207 e. The Balaban J connectivity index is 1.89. The van der Waals surface area contributed by atoms with E-state index in [-0.39, 0.29) is 5.82 Å². The van der Waals surface area contributed by atoms with Gasteiger partial charge in [-0.3, -0.25) is 0 Å². The highest BCUT2D eigenvalue weighted by Gasteiger charge is 2.26. The Labute approximate surface area is 161 Å². The van der Waals surface area contributed by atoms with Gasteiger partial charge in [0.1, 0.15) is 18.0 Å².